The zero-order valence-corrected chi connectivity index (χ0v) is 10.8. The Labute approximate surface area is 103 Å². The van der Waals surface area contributed by atoms with Crippen molar-refractivity contribution in [2.45, 2.75) is 5.38 Å². The third-order valence-electron chi connectivity index (χ3n) is 2.05. The van der Waals surface area contributed by atoms with Gasteiger partial charge in [-0.25, -0.2) is 17.2 Å². The summed E-state index contributed by atoms with van der Waals surface area (Å²) in [4.78, 5) is 0. The van der Waals surface area contributed by atoms with Gasteiger partial charge in [-0.1, -0.05) is 0 Å². The highest BCUT2D eigenvalue weighted by Gasteiger charge is 2.23. The maximum atomic E-state index is 13.5. The first-order valence-corrected chi connectivity index (χ1v) is 7.09. The smallest absolute Gasteiger partial charge is 0.149 e. The molecule has 0 spiro atoms. The molecule has 7 heteroatoms. The van der Waals surface area contributed by atoms with Gasteiger partial charge in [0.05, 0.1) is 18.2 Å². The Morgan fingerprint density at radius 1 is 1.35 bits per heavy atom. The van der Waals surface area contributed by atoms with Crippen molar-refractivity contribution >= 4 is 21.4 Å². The van der Waals surface area contributed by atoms with Crippen LogP contribution in [0.4, 0.5) is 8.78 Å². The summed E-state index contributed by atoms with van der Waals surface area (Å²) in [6.07, 6.45) is 0.946. The van der Waals surface area contributed by atoms with E-state index in [0.29, 0.717) is 0 Å². The van der Waals surface area contributed by atoms with Gasteiger partial charge in [0, 0.05) is 24.0 Å². The van der Waals surface area contributed by atoms with E-state index >= 15 is 0 Å². The lowest BCUT2D eigenvalue weighted by Crippen LogP contribution is -2.12. The number of halogens is 3. The SMILES string of the molecule is COc1cc(F)c(C(Cl)CS(C)(=O)=O)c(F)c1. The van der Waals surface area contributed by atoms with Crippen LogP contribution >= 0.6 is 11.6 Å². The van der Waals surface area contributed by atoms with Crippen LogP contribution in [0.5, 0.6) is 5.75 Å². The topological polar surface area (TPSA) is 43.4 Å². The van der Waals surface area contributed by atoms with Gasteiger partial charge in [0.2, 0.25) is 0 Å². The first-order valence-electron chi connectivity index (χ1n) is 4.59. The van der Waals surface area contributed by atoms with E-state index < -0.39 is 38.2 Å². The van der Waals surface area contributed by atoms with Crippen LogP contribution in [0.15, 0.2) is 12.1 Å². The zero-order valence-electron chi connectivity index (χ0n) is 9.21. The van der Waals surface area contributed by atoms with E-state index in [2.05, 4.69) is 4.74 Å². The first kappa shape index (κ1) is 14.2. The van der Waals surface area contributed by atoms with E-state index in [9.17, 15) is 17.2 Å². The van der Waals surface area contributed by atoms with Crippen molar-refractivity contribution in [3.05, 3.63) is 29.3 Å². The Kier molecular flexibility index (Phi) is 4.32. The molecule has 3 nitrogen and oxygen atoms in total. The summed E-state index contributed by atoms with van der Waals surface area (Å²) in [5.74, 6) is -2.38. The standard InChI is InChI=1S/C10H11ClF2O3S/c1-16-6-3-8(12)10(9(13)4-6)7(11)5-17(2,14)15/h3-4,7H,5H2,1-2H3. The van der Waals surface area contributed by atoms with Crippen molar-refractivity contribution < 1.29 is 21.9 Å². The number of hydrogen-bond acceptors (Lipinski definition) is 3. The zero-order chi connectivity index (χ0) is 13.2. The van der Waals surface area contributed by atoms with Crippen molar-refractivity contribution in [1.29, 1.82) is 0 Å². The van der Waals surface area contributed by atoms with E-state index in [4.69, 9.17) is 11.6 Å². The van der Waals surface area contributed by atoms with Gasteiger partial charge in [-0.05, 0) is 0 Å². The Bertz CT molecular complexity index is 493. The Morgan fingerprint density at radius 3 is 2.18 bits per heavy atom. The Hall–Kier alpha value is -0.880. The molecular weight excluding hydrogens is 274 g/mol. The maximum absolute atomic E-state index is 13.5. The summed E-state index contributed by atoms with van der Waals surface area (Å²) in [7, 11) is -2.15. The molecule has 0 N–H and O–H groups in total. The lowest BCUT2D eigenvalue weighted by atomic mass is 10.1. The highest BCUT2D eigenvalue weighted by atomic mass is 35.5. The molecule has 96 valence electrons. The van der Waals surface area contributed by atoms with Crippen LogP contribution in [0.25, 0.3) is 0 Å². The molecule has 17 heavy (non-hydrogen) atoms. The summed E-state index contributed by atoms with van der Waals surface area (Å²) < 4.78 is 53.7. The molecule has 0 bridgehead atoms. The minimum atomic E-state index is -3.42. The maximum Gasteiger partial charge on any atom is 0.149 e. The highest BCUT2D eigenvalue weighted by molar-refractivity contribution is 7.90. The first-order chi connectivity index (χ1) is 7.74. The number of ether oxygens (including phenoxy) is 1. The predicted octanol–water partition coefficient (Wildman–Crippen LogP) is 2.30. The molecule has 1 unspecified atom stereocenters. The molecular formula is C10H11ClF2O3S. The fourth-order valence-corrected chi connectivity index (χ4v) is 2.92. The number of sulfone groups is 1. The van der Waals surface area contributed by atoms with Crippen molar-refractivity contribution in [2.24, 2.45) is 0 Å². The predicted molar refractivity (Wildman–Crippen MR) is 61.2 cm³/mol. The van der Waals surface area contributed by atoms with Gasteiger partial charge in [-0.15, -0.1) is 11.6 Å². The fraction of sp³-hybridized carbons (Fsp3) is 0.400. The summed E-state index contributed by atoms with van der Waals surface area (Å²) in [5.41, 5.74) is -0.460. The highest BCUT2D eigenvalue weighted by Crippen LogP contribution is 2.30. The molecule has 1 atom stereocenters. The van der Waals surface area contributed by atoms with Crippen LogP contribution in [-0.4, -0.2) is 27.5 Å². The molecule has 1 rings (SSSR count). The van der Waals surface area contributed by atoms with E-state index in [0.717, 1.165) is 18.4 Å². The van der Waals surface area contributed by atoms with Crippen molar-refractivity contribution in [1.82, 2.24) is 0 Å². The molecule has 0 aliphatic carbocycles. The molecule has 0 radical (unpaired) electrons. The van der Waals surface area contributed by atoms with Gasteiger partial charge < -0.3 is 4.74 Å². The van der Waals surface area contributed by atoms with E-state index in [1.165, 1.54) is 7.11 Å². The van der Waals surface area contributed by atoms with Gasteiger partial charge in [0.25, 0.3) is 0 Å². The summed E-state index contributed by atoms with van der Waals surface area (Å²) in [5, 5.41) is -1.27. The largest absolute Gasteiger partial charge is 0.497 e. The van der Waals surface area contributed by atoms with Crippen molar-refractivity contribution in [3.63, 3.8) is 0 Å². The second kappa shape index (κ2) is 5.18. The number of alkyl halides is 1. The van der Waals surface area contributed by atoms with Crippen molar-refractivity contribution in [2.75, 3.05) is 19.1 Å². The number of hydrogen-bond donors (Lipinski definition) is 0. The molecule has 1 aromatic rings. The lowest BCUT2D eigenvalue weighted by Gasteiger charge is -2.12. The van der Waals surface area contributed by atoms with Gasteiger partial charge in [0.15, 0.2) is 0 Å². The second-order valence-corrected chi connectivity index (χ2v) is 6.28. The van der Waals surface area contributed by atoms with Crippen LogP contribution < -0.4 is 4.74 Å². The monoisotopic (exact) mass is 284 g/mol. The van der Waals surface area contributed by atoms with E-state index in [1.807, 2.05) is 0 Å². The third-order valence-corrected chi connectivity index (χ3v) is 3.54. The van der Waals surface area contributed by atoms with Crippen LogP contribution in [0.3, 0.4) is 0 Å². The van der Waals surface area contributed by atoms with Crippen LogP contribution in [-0.2, 0) is 9.84 Å². The molecule has 0 aliphatic heterocycles. The summed E-state index contributed by atoms with van der Waals surface area (Å²) >= 11 is 5.70. The summed E-state index contributed by atoms with van der Waals surface area (Å²) in [6.45, 7) is 0. The minimum absolute atomic E-state index is 0.00646. The molecule has 0 aromatic heterocycles. The van der Waals surface area contributed by atoms with Gasteiger partial charge in [0.1, 0.15) is 27.2 Å². The minimum Gasteiger partial charge on any atom is -0.497 e. The summed E-state index contributed by atoms with van der Waals surface area (Å²) in [6, 6.07) is 1.91. The lowest BCUT2D eigenvalue weighted by molar-refractivity contribution is 0.405. The van der Waals surface area contributed by atoms with Crippen molar-refractivity contribution in [3.8, 4) is 5.75 Å². The third kappa shape index (κ3) is 3.81. The number of methoxy groups -OCH3 is 1. The van der Waals surface area contributed by atoms with Gasteiger partial charge in [-0.2, -0.15) is 0 Å². The quantitative estimate of drug-likeness (QED) is 0.797. The van der Waals surface area contributed by atoms with E-state index in [-0.39, 0.29) is 5.75 Å². The second-order valence-electron chi connectivity index (χ2n) is 3.56. The number of benzene rings is 1. The average molecular weight is 285 g/mol. The molecule has 0 saturated heterocycles. The van der Waals surface area contributed by atoms with Gasteiger partial charge >= 0.3 is 0 Å². The average Bonchev–Trinajstić information content (AvgIpc) is 2.13. The van der Waals surface area contributed by atoms with Gasteiger partial charge in [-0.3, -0.25) is 0 Å². The fourth-order valence-electron chi connectivity index (χ4n) is 1.33. The molecule has 0 fully saturated rings. The van der Waals surface area contributed by atoms with Crippen LogP contribution in [0.1, 0.15) is 10.9 Å². The van der Waals surface area contributed by atoms with Crippen LogP contribution in [0, 0.1) is 11.6 Å². The molecule has 1 aromatic carbocycles. The normalized spacial score (nSPS) is 13.5. The van der Waals surface area contributed by atoms with E-state index in [1.54, 1.807) is 0 Å². The molecule has 0 heterocycles. The Balaban J connectivity index is 3.14. The Morgan fingerprint density at radius 2 is 1.82 bits per heavy atom. The number of rotatable bonds is 4. The van der Waals surface area contributed by atoms with Crippen LogP contribution in [0.2, 0.25) is 0 Å². The molecule has 0 saturated carbocycles. The molecule has 0 aliphatic rings. The molecule has 0 amide bonds.